The molecular weight excluding hydrogens is 318 g/mol. The number of nitrogens with two attached hydrogens (primary N) is 1. The topological polar surface area (TPSA) is 42.9 Å². The predicted octanol–water partition coefficient (Wildman–Crippen LogP) is 1.98. The van der Waals surface area contributed by atoms with Crippen molar-refractivity contribution in [2.45, 2.75) is 13.0 Å². The maximum atomic E-state index is 5.86. The highest BCUT2D eigenvalue weighted by molar-refractivity contribution is 7.80. The van der Waals surface area contributed by atoms with Crippen LogP contribution in [-0.2, 0) is 0 Å². The molecule has 2 aromatic carbocycles. The van der Waals surface area contributed by atoms with E-state index >= 15 is 0 Å². The van der Waals surface area contributed by atoms with E-state index in [2.05, 4.69) is 24.0 Å². The van der Waals surface area contributed by atoms with E-state index in [1.807, 2.05) is 42.5 Å². The summed E-state index contributed by atoms with van der Waals surface area (Å²) in [6.07, 6.45) is 0. The van der Waals surface area contributed by atoms with E-state index in [9.17, 15) is 0 Å². The number of rotatable bonds is 4. The molecule has 3 N–H and O–H groups in total. The Morgan fingerprint density at radius 2 is 1.62 bits per heavy atom. The van der Waals surface area contributed by atoms with Gasteiger partial charge in [0.1, 0.15) is 17.5 Å². The largest absolute Gasteiger partial charge is 0.457 e. The SMILES string of the molecule is C[C@@H](c1ccc(Oc2ccccc2)cc1)[NH+]1CCN(C(N)=S)CC1. The molecule has 1 aliphatic rings. The van der Waals surface area contributed by atoms with Crippen LogP contribution < -0.4 is 15.4 Å². The van der Waals surface area contributed by atoms with E-state index < -0.39 is 0 Å². The van der Waals surface area contributed by atoms with Crippen LogP contribution >= 0.6 is 12.2 Å². The summed E-state index contributed by atoms with van der Waals surface area (Å²) >= 11 is 5.06. The highest BCUT2D eigenvalue weighted by Crippen LogP contribution is 2.22. The molecule has 0 unspecified atom stereocenters. The Hall–Kier alpha value is -2.11. The molecular formula is C19H24N3OS+. The number of thiocarbonyl (C=S) groups is 1. The van der Waals surface area contributed by atoms with Crippen molar-refractivity contribution in [2.24, 2.45) is 5.73 Å². The van der Waals surface area contributed by atoms with Crippen molar-refractivity contribution in [3.05, 3.63) is 60.2 Å². The Morgan fingerprint density at radius 3 is 2.21 bits per heavy atom. The van der Waals surface area contributed by atoms with Crippen LogP contribution in [0.4, 0.5) is 0 Å². The molecule has 0 spiro atoms. The lowest BCUT2D eigenvalue weighted by Gasteiger charge is -2.35. The molecule has 0 aromatic heterocycles. The van der Waals surface area contributed by atoms with E-state index in [1.54, 1.807) is 4.90 Å². The average molecular weight is 342 g/mol. The van der Waals surface area contributed by atoms with Crippen LogP contribution in [0, 0.1) is 0 Å². The van der Waals surface area contributed by atoms with Crippen LogP contribution in [0.3, 0.4) is 0 Å². The zero-order valence-electron chi connectivity index (χ0n) is 13.9. The molecule has 0 amide bonds. The third-order valence-corrected chi connectivity index (χ3v) is 4.95. The van der Waals surface area contributed by atoms with Gasteiger partial charge in [0.25, 0.3) is 0 Å². The first-order chi connectivity index (χ1) is 11.6. The van der Waals surface area contributed by atoms with Crippen molar-refractivity contribution >= 4 is 17.3 Å². The van der Waals surface area contributed by atoms with Crippen molar-refractivity contribution < 1.29 is 9.64 Å². The number of hydrogen-bond acceptors (Lipinski definition) is 2. The molecule has 1 atom stereocenters. The molecule has 0 radical (unpaired) electrons. The second-order valence-electron chi connectivity index (χ2n) is 6.19. The lowest BCUT2D eigenvalue weighted by molar-refractivity contribution is -0.933. The molecule has 1 fully saturated rings. The van der Waals surface area contributed by atoms with E-state index in [0.29, 0.717) is 11.2 Å². The fourth-order valence-electron chi connectivity index (χ4n) is 3.13. The third-order valence-electron chi connectivity index (χ3n) is 4.69. The minimum atomic E-state index is 0.448. The van der Waals surface area contributed by atoms with Crippen LogP contribution in [-0.4, -0.2) is 36.2 Å². The highest BCUT2D eigenvalue weighted by Gasteiger charge is 2.25. The van der Waals surface area contributed by atoms with Crippen LogP contribution in [0.15, 0.2) is 54.6 Å². The maximum absolute atomic E-state index is 5.86. The molecule has 0 bridgehead atoms. The van der Waals surface area contributed by atoms with Crippen molar-refractivity contribution in [1.82, 2.24) is 4.90 Å². The number of ether oxygens (including phenoxy) is 1. The van der Waals surface area contributed by atoms with E-state index in [1.165, 1.54) is 5.56 Å². The Bertz CT molecular complexity index is 667. The number of nitrogens with one attached hydrogen (secondary N) is 1. The van der Waals surface area contributed by atoms with Crippen molar-refractivity contribution in [1.29, 1.82) is 0 Å². The van der Waals surface area contributed by atoms with Gasteiger partial charge in [0.2, 0.25) is 0 Å². The summed E-state index contributed by atoms with van der Waals surface area (Å²) in [5.74, 6) is 1.73. The summed E-state index contributed by atoms with van der Waals surface area (Å²) in [4.78, 5) is 3.65. The number of quaternary nitrogens is 1. The number of hydrogen-bond donors (Lipinski definition) is 2. The smallest absolute Gasteiger partial charge is 0.166 e. The number of nitrogens with zero attached hydrogens (tertiary/aromatic N) is 1. The molecule has 126 valence electrons. The molecule has 1 aliphatic heterocycles. The highest BCUT2D eigenvalue weighted by atomic mass is 32.1. The average Bonchev–Trinajstić information content (AvgIpc) is 2.63. The molecule has 0 saturated carbocycles. The maximum Gasteiger partial charge on any atom is 0.166 e. The summed E-state index contributed by atoms with van der Waals surface area (Å²) in [5.41, 5.74) is 7.04. The summed E-state index contributed by atoms with van der Waals surface area (Å²) < 4.78 is 5.86. The summed E-state index contributed by atoms with van der Waals surface area (Å²) in [5, 5.41) is 0.518. The number of benzene rings is 2. The summed E-state index contributed by atoms with van der Waals surface area (Å²) in [6.45, 7) is 6.26. The first kappa shape index (κ1) is 16.7. The van der Waals surface area contributed by atoms with Gasteiger partial charge in [0, 0.05) is 5.56 Å². The fraction of sp³-hybridized carbons (Fsp3) is 0.316. The quantitative estimate of drug-likeness (QED) is 0.834. The zero-order chi connectivity index (χ0) is 16.9. The normalized spacial score (nSPS) is 16.6. The molecule has 1 saturated heterocycles. The van der Waals surface area contributed by atoms with E-state index in [-0.39, 0.29) is 0 Å². The van der Waals surface area contributed by atoms with Gasteiger partial charge in [-0.25, -0.2) is 0 Å². The summed E-state index contributed by atoms with van der Waals surface area (Å²) in [7, 11) is 0. The lowest BCUT2D eigenvalue weighted by Crippen LogP contribution is -3.14. The van der Waals surface area contributed by atoms with Crippen molar-refractivity contribution in [2.75, 3.05) is 26.2 Å². The first-order valence-electron chi connectivity index (χ1n) is 8.35. The van der Waals surface area contributed by atoms with Gasteiger partial charge in [-0.05, 0) is 55.5 Å². The molecule has 1 heterocycles. The van der Waals surface area contributed by atoms with Gasteiger partial charge in [-0.2, -0.15) is 0 Å². The fourth-order valence-corrected chi connectivity index (χ4v) is 3.31. The van der Waals surface area contributed by atoms with Gasteiger partial charge in [-0.15, -0.1) is 0 Å². The monoisotopic (exact) mass is 342 g/mol. The second kappa shape index (κ2) is 7.64. The molecule has 4 nitrogen and oxygen atoms in total. The molecule has 3 rings (SSSR count). The second-order valence-corrected chi connectivity index (χ2v) is 6.61. The van der Waals surface area contributed by atoms with Gasteiger partial charge in [0.05, 0.1) is 26.2 Å². The third kappa shape index (κ3) is 4.04. The van der Waals surface area contributed by atoms with Crippen LogP contribution in [0.1, 0.15) is 18.5 Å². The van der Waals surface area contributed by atoms with Crippen LogP contribution in [0.2, 0.25) is 0 Å². The molecule has 24 heavy (non-hydrogen) atoms. The van der Waals surface area contributed by atoms with Crippen molar-refractivity contribution in [3.63, 3.8) is 0 Å². The van der Waals surface area contributed by atoms with Gasteiger partial charge in [-0.1, -0.05) is 18.2 Å². The Labute approximate surface area is 148 Å². The standard InChI is InChI=1S/C19H23N3OS/c1-15(21-11-13-22(14-12-21)19(20)24)16-7-9-18(10-8-16)23-17-5-3-2-4-6-17/h2-10,15H,11-14H2,1H3,(H2,20,24)/p+1/t15-/m0/s1. The minimum Gasteiger partial charge on any atom is -0.457 e. The lowest BCUT2D eigenvalue weighted by atomic mass is 10.1. The summed E-state index contributed by atoms with van der Waals surface area (Å²) in [6, 6.07) is 18.7. The Morgan fingerprint density at radius 1 is 1.04 bits per heavy atom. The number of piperazine rings is 1. The first-order valence-corrected chi connectivity index (χ1v) is 8.76. The van der Waals surface area contributed by atoms with Gasteiger partial charge in [0.15, 0.2) is 5.11 Å². The Kier molecular flexibility index (Phi) is 5.33. The van der Waals surface area contributed by atoms with Crippen molar-refractivity contribution in [3.8, 4) is 11.5 Å². The van der Waals surface area contributed by atoms with E-state index in [4.69, 9.17) is 22.7 Å². The van der Waals surface area contributed by atoms with Gasteiger partial charge < -0.3 is 20.3 Å². The minimum absolute atomic E-state index is 0.448. The van der Waals surface area contributed by atoms with Crippen LogP contribution in [0.25, 0.3) is 0 Å². The van der Waals surface area contributed by atoms with Gasteiger partial charge >= 0.3 is 0 Å². The predicted molar refractivity (Wildman–Crippen MR) is 100 cm³/mol. The zero-order valence-corrected chi connectivity index (χ0v) is 14.8. The van der Waals surface area contributed by atoms with E-state index in [0.717, 1.165) is 37.7 Å². The molecule has 0 aliphatic carbocycles. The molecule has 5 heteroatoms. The molecule has 2 aromatic rings. The van der Waals surface area contributed by atoms with Crippen LogP contribution in [0.5, 0.6) is 11.5 Å². The Balaban J connectivity index is 1.60. The van der Waals surface area contributed by atoms with Gasteiger partial charge in [-0.3, -0.25) is 0 Å². The number of para-hydroxylation sites is 1.